The molecule has 1 heterocycles. The van der Waals surface area contributed by atoms with Gasteiger partial charge in [0.1, 0.15) is 6.54 Å². The van der Waals surface area contributed by atoms with Gasteiger partial charge in [-0.25, -0.2) is 0 Å². The molecule has 0 aromatic heterocycles. The van der Waals surface area contributed by atoms with Gasteiger partial charge < -0.3 is 10.1 Å². The zero-order chi connectivity index (χ0) is 16.1. The third-order valence-corrected chi connectivity index (χ3v) is 3.64. The molecule has 1 aliphatic carbocycles. The molecular formula is C15H16N2O5. The van der Waals surface area contributed by atoms with Crippen molar-refractivity contribution in [3.05, 3.63) is 12.2 Å². The topological polar surface area (TPSA) is 92.8 Å². The van der Waals surface area contributed by atoms with Crippen LogP contribution in [-0.2, 0) is 23.9 Å². The van der Waals surface area contributed by atoms with Crippen LogP contribution in [0.3, 0.4) is 0 Å². The van der Waals surface area contributed by atoms with Crippen LogP contribution in [0.4, 0.5) is 0 Å². The van der Waals surface area contributed by atoms with Crippen LogP contribution in [0.1, 0.15) is 12.8 Å². The number of carbonyl (C=O) groups excluding carboxylic acids is 4. The quantitative estimate of drug-likeness (QED) is 0.312. The highest BCUT2D eigenvalue weighted by Gasteiger charge is 2.47. The van der Waals surface area contributed by atoms with Crippen molar-refractivity contribution in [2.75, 3.05) is 19.7 Å². The van der Waals surface area contributed by atoms with E-state index in [0.717, 1.165) is 4.90 Å². The molecule has 0 bridgehead atoms. The normalized spacial score (nSPS) is 23.0. The Hall–Kier alpha value is -2.62. The van der Waals surface area contributed by atoms with Crippen molar-refractivity contribution in [2.45, 2.75) is 12.8 Å². The maximum absolute atomic E-state index is 12.1. The van der Waals surface area contributed by atoms with Crippen molar-refractivity contribution >= 4 is 23.7 Å². The van der Waals surface area contributed by atoms with E-state index in [4.69, 9.17) is 11.2 Å². The molecule has 2 rings (SSSR count). The third-order valence-electron chi connectivity index (χ3n) is 3.64. The van der Waals surface area contributed by atoms with E-state index in [9.17, 15) is 19.2 Å². The molecule has 116 valence electrons. The number of carbonyl (C=O) groups is 4. The van der Waals surface area contributed by atoms with Crippen molar-refractivity contribution in [1.82, 2.24) is 10.2 Å². The van der Waals surface area contributed by atoms with Crippen molar-refractivity contribution in [3.8, 4) is 12.3 Å². The number of allylic oxidation sites excluding steroid dienone is 2. The van der Waals surface area contributed by atoms with E-state index in [0.29, 0.717) is 12.8 Å². The molecule has 3 amide bonds. The lowest BCUT2D eigenvalue weighted by Crippen LogP contribution is -2.38. The third kappa shape index (κ3) is 3.34. The number of rotatable bonds is 5. The second kappa shape index (κ2) is 6.89. The number of amides is 3. The average molecular weight is 304 g/mol. The molecule has 0 aromatic carbocycles. The van der Waals surface area contributed by atoms with Crippen LogP contribution >= 0.6 is 0 Å². The first-order valence-corrected chi connectivity index (χ1v) is 6.90. The van der Waals surface area contributed by atoms with Crippen LogP contribution in [-0.4, -0.2) is 48.3 Å². The summed E-state index contributed by atoms with van der Waals surface area (Å²) < 4.78 is 4.73. The van der Waals surface area contributed by atoms with Crippen molar-refractivity contribution in [1.29, 1.82) is 0 Å². The number of hydrogen-bond acceptors (Lipinski definition) is 5. The van der Waals surface area contributed by atoms with Gasteiger partial charge in [-0.15, -0.1) is 6.42 Å². The van der Waals surface area contributed by atoms with Crippen LogP contribution < -0.4 is 5.32 Å². The number of fused-ring (bicyclic) bond motifs is 1. The second-order valence-electron chi connectivity index (χ2n) is 5.06. The number of nitrogens with one attached hydrogen (secondary N) is 1. The van der Waals surface area contributed by atoms with Gasteiger partial charge in [-0.2, -0.15) is 0 Å². The standard InChI is InChI=1S/C15H16N2O5/c1-2-7-16-12(18)9-22-13(19)8-17-14(20)10-5-3-4-6-11(10)15(17)21/h1,3-4,10-11H,5-9H2,(H,16,18). The summed E-state index contributed by atoms with van der Waals surface area (Å²) in [5, 5.41) is 2.33. The Bertz CT molecular complexity index is 549. The van der Waals surface area contributed by atoms with Gasteiger partial charge in [0, 0.05) is 0 Å². The lowest BCUT2D eigenvalue weighted by Gasteiger charge is -2.14. The van der Waals surface area contributed by atoms with Gasteiger partial charge in [-0.05, 0) is 12.8 Å². The molecule has 0 spiro atoms. The maximum Gasteiger partial charge on any atom is 0.326 e. The predicted molar refractivity (Wildman–Crippen MR) is 74.9 cm³/mol. The second-order valence-corrected chi connectivity index (χ2v) is 5.06. The van der Waals surface area contributed by atoms with E-state index in [-0.39, 0.29) is 30.2 Å². The zero-order valence-corrected chi connectivity index (χ0v) is 11.9. The summed E-state index contributed by atoms with van der Waals surface area (Å²) in [5.41, 5.74) is 0. The molecule has 1 N–H and O–H groups in total. The predicted octanol–water partition coefficient (Wildman–Crippen LogP) is -0.770. The first-order chi connectivity index (χ1) is 10.5. The molecule has 2 aliphatic rings. The highest BCUT2D eigenvalue weighted by atomic mass is 16.5. The molecule has 0 aromatic rings. The fraction of sp³-hybridized carbons (Fsp3) is 0.467. The van der Waals surface area contributed by atoms with Gasteiger partial charge in [0.15, 0.2) is 6.61 Å². The largest absolute Gasteiger partial charge is 0.454 e. The molecule has 0 saturated carbocycles. The van der Waals surface area contributed by atoms with Crippen LogP contribution in [0.5, 0.6) is 0 Å². The Balaban J connectivity index is 1.84. The highest BCUT2D eigenvalue weighted by molar-refractivity contribution is 6.07. The summed E-state index contributed by atoms with van der Waals surface area (Å²) in [6.07, 6.45) is 9.72. The van der Waals surface area contributed by atoms with Crippen LogP contribution in [0.25, 0.3) is 0 Å². The number of ether oxygens (including phenoxy) is 1. The van der Waals surface area contributed by atoms with E-state index in [1.807, 2.05) is 12.2 Å². The van der Waals surface area contributed by atoms with Crippen LogP contribution in [0.15, 0.2) is 12.2 Å². The summed E-state index contributed by atoms with van der Waals surface area (Å²) in [4.78, 5) is 48.1. The SMILES string of the molecule is C#CCNC(=O)COC(=O)CN1C(=O)C2CC=CCC2C1=O. The molecule has 2 atom stereocenters. The first kappa shape index (κ1) is 15.8. The molecule has 1 fully saturated rings. The van der Waals surface area contributed by atoms with Crippen LogP contribution in [0, 0.1) is 24.2 Å². The summed E-state index contributed by atoms with van der Waals surface area (Å²) in [5.74, 6) is -0.608. The molecule has 7 heteroatoms. The molecule has 2 unspecified atom stereocenters. The fourth-order valence-corrected chi connectivity index (χ4v) is 2.55. The summed E-state index contributed by atoms with van der Waals surface area (Å²) in [7, 11) is 0. The summed E-state index contributed by atoms with van der Waals surface area (Å²) in [6, 6.07) is 0. The monoisotopic (exact) mass is 304 g/mol. The number of likely N-dealkylation sites (tertiary alicyclic amines) is 1. The fourth-order valence-electron chi connectivity index (χ4n) is 2.55. The average Bonchev–Trinajstić information content (AvgIpc) is 2.76. The summed E-state index contributed by atoms with van der Waals surface area (Å²) in [6.45, 7) is -0.923. The van der Waals surface area contributed by atoms with Crippen molar-refractivity contribution < 1.29 is 23.9 Å². The Morgan fingerprint density at radius 1 is 1.27 bits per heavy atom. The number of hydrogen-bond donors (Lipinski definition) is 1. The van der Waals surface area contributed by atoms with Crippen molar-refractivity contribution in [3.63, 3.8) is 0 Å². The minimum Gasteiger partial charge on any atom is -0.454 e. The van der Waals surface area contributed by atoms with Gasteiger partial charge in [-0.1, -0.05) is 18.1 Å². The van der Waals surface area contributed by atoms with Gasteiger partial charge in [0.25, 0.3) is 5.91 Å². The Morgan fingerprint density at radius 2 is 1.86 bits per heavy atom. The minimum absolute atomic E-state index is 0.0375. The van der Waals surface area contributed by atoms with E-state index >= 15 is 0 Å². The molecule has 0 radical (unpaired) electrons. The molecule has 22 heavy (non-hydrogen) atoms. The van der Waals surface area contributed by atoms with E-state index in [1.54, 1.807) is 0 Å². The zero-order valence-electron chi connectivity index (χ0n) is 11.9. The van der Waals surface area contributed by atoms with E-state index < -0.39 is 25.0 Å². The van der Waals surface area contributed by atoms with Gasteiger partial charge in [0.2, 0.25) is 11.8 Å². The highest BCUT2D eigenvalue weighted by Crippen LogP contribution is 2.34. The first-order valence-electron chi connectivity index (χ1n) is 6.90. The van der Waals surface area contributed by atoms with Gasteiger partial charge in [0.05, 0.1) is 18.4 Å². The Morgan fingerprint density at radius 3 is 2.41 bits per heavy atom. The number of nitrogens with zero attached hydrogens (tertiary/aromatic N) is 1. The maximum atomic E-state index is 12.1. The van der Waals surface area contributed by atoms with E-state index in [2.05, 4.69) is 11.2 Å². The number of esters is 1. The van der Waals surface area contributed by atoms with Crippen molar-refractivity contribution in [2.24, 2.45) is 11.8 Å². The van der Waals surface area contributed by atoms with Gasteiger partial charge >= 0.3 is 5.97 Å². The molecule has 7 nitrogen and oxygen atoms in total. The molecule has 1 aliphatic heterocycles. The Kier molecular flexibility index (Phi) is 4.94. The van der Waals surface area contributed by atoms with Gasteiger partial charge in [-0.3, -0.25) is 24.1 Å². The lowest BCUT2D eigenvalue weighted by molar-refractivity contribution is -0.154. The number of imide groups is 1. The summed E-state index contributed by atoms with van der Waals surface area (Å²) >= 11 is 0. The van der Waals surface area contributed by atoms with Crippen LogP contribution in [0.2, 0.25) is 0 Å². The lowest BCUT2D eigenvalue weighted by atomic mass is 9.85. The minimum atomic E-state index is -0.802. The smallest absolute Gasteiger partial charge is 0.326 e. The number of terminal acetylenes is 1. The molecule has 1 saturated heterocycles. The Labute approximate surface area is 127 Å². The van der Waals surface area contributed by atoms with E-state index in [1.165, 1.54) is 0 Å². The molecular weight excluding hydrogens is 288 g/mol.